The number of rotatable bonds is 6. The maximum absolute atomic E-state index is 14.2. The number of hydrogen-bond acceptors (Lipinski definition) is 8. The monoisotopic (exact) mass is 496 g/mol. The van der Waals surface area contributed by atoms with Gasteiger partial charge in [0.1, 0.15) is 36.3 Å². The molecule has 0 radical (unpaired) electrons. The Kier molecular flexibility index (Phi) is 8.05. The minimum absolute atomic E-state index is 0.0333. The number of halogens is 1. The van der Waals surface area contributed by atoms with E-state index in [0.29, 0.717) is 23.0 Å². The minimum atomic E-state index is -1.25. The third-order valence-electron chi connectivity index (χ3n) is 6.43. The lowest BCUT2D eigenvalue weighted by atomic mass is 10.0. The highest BCUT2D eigenvalue weighted by Gasteiger charge is 2.62. The molecule has 11 heteroatoms. The first kappa shape index (κ1) is 26.9. The highest BCUT2D eigenvalue weighted by atomic mass is 19.1. The lowest BCUT2D eigenvalue weighted by Crippen LogP contribution is -2.57. The molecule has 2 aliphatic rings. The number of carbonyl (C=O) groups excluding carboxylic acids is 1. The topological polar surface area (TPSA) is 145 Å². The predicted molar refractivity (Wildman–Crippen MR) is 124 cm³/mol. The Morgan fingerprint density at radius 1 is 1.31 bits per heavy atom. The molecule has 1 aromatic carbocycles. The molecule has 35 heavy (non-hydrogen) atoms. The van der Waals surface area contributed by atoms with Gasteiger partial charge in [0.25, 0.3) is 0 Å². The van der Waals surface area contributed by atoms with Crippen LogP contribution in [0.15, 0.2) is 22.6 Å². The number of methoxy groups -OCH3 is 2. The van der Waals surface area contributed by atoms with Gasteiger partial charge in [-0.2, -0.15) is 0 Å². The van der Waals surface area contributed by atoms with E-state index in [1.54, 1.807) is 13.0 Å². The van der Waals surface area contributed by atoms with Gasteiger partial charge in [0.2, 0.25) is 17.5 Å². The van der Waals surface area contributed by atoms with Gasteiger partial charge in [-0.25, -0.2) is 9.18 Å². The van der Waals surface area contributed by atoms with Crippen LogP contribution in [-0.2, 0) is 19.0 Å². The van der Waals surface area contributed by atoms with E-state index >= 15 is 0 Å². The van der Waals surface area contributed by atoms with Crippen LogP contribution < -0.4 is 5.73 Å². The molecule has 4 rings (SSSR count). The predicted octanol–water partition coefficient (Wildman–Crippen LogP) is 2.44. The highest BCUT2D eigenvalue weighted by Crippen LogP contribution is 2.40. The van der Waals surface area contributed by atoms with E-state index in [9.17, 15) is 19.1 Å². The molecule has 1 aromatic heterocycles. The van der Waals surface area contributed by atoms with E-state index in [4.69, 9.17) is 29.5 Å². The Bertz CT molecular complexity index is 1070. The lowest BCUT2D eigenvalue weighted by Gasteiger charge is -2.36. The van der Waals surface area contributed by atoms with E-state index in [0.717, 1.165) is 0 Å². The Morgan fingerprint density at radius 3 is 2.54 bits per heavy atom. The normalized spacial score (nSPS) is 23.8. The van der Waals surface area contributed by atoms with Crippen molar-refractivity contribution in [3.63, 3.8) is 0 Å². The number of carbonyl (C=O) groups is 2. The van der Waals surface area contributed by atoms with E-state index in [-0.39, 0.29) is 36.5 Å². The molecular formula is C24H33FN2O8. The smallest absolute Gasteiger partial charge is 0.372 e. The standard InChI is InChI=1S/C14H25FN2O4.C10H8O4/c1-8(2)5-10(16)13(18)17-6-9(15)11-12(17)14(19-3,20-4)7-21-11;1-5-7-4-6(11)2-3-8(7)14-9(5)10(12)13/h8-12H,5-7,16H2,1-4H3;2-4,11H,1H3,(H,12,13). The number of hydrogen-bond donors (Lipinski definition) is 3. The number of aromatic hydroxyl groups is 1. The zero-order valence-corrected chi connectivity index (χ0v) is 20.5. The third kappa shape index (κ3) is 5.13. The Hall–Kier alpha value is -2.73. The summed E-state index contributed by atoms with van der Waals surface area (Å²) in [4.78, 5) is 24.7. The number of phenols is 1. The average molecular weight is 497 g/mol. The van der Waals surface area contributed by atoms with Gasteiger partial charge in [-0.1, -0.05) is 13.8 Å². The number of alkyl halides is 1. The maximum atomic E-state index is 14.2. The van der Waals surface area contributed by atoms with Crippen LogP contribution in [0.5, 0.6) is 5.75 Å². The molecule has 10 nitrogen and oxygen atoms in total. The van der Waals surface area contributed by atoms with Crippen molar-refractivity contribution >= 4 is 22.8 Å². The number of nitrogens with two attached hydrogens (primary N) is 1. The fraction of sp³-hybridized carbons (Fsp3) is 0.583. The summed E-state index contributed by atoms with van der Waals surface area (Å²) in [5, 5.41) is 18.6. The summed E-state index contributed by atoms with van der Waals surface area (Å²) < 4.78 is 35.5. The van der Waals surface area contributed by atoms with Gasteiger partial charge in [0.05, 0.1) is 12.6 Å². The molecule has 4 N–H and O–H groups in total. The number of amides is 1. The van der Waals surface area contributed by atoms with Crippen LogP contribution in [0, 0.1) is 12.8 Å². The Balaban J connectivity index is 0.000000211. The zero-order chi connectivity index (χ0) is 26.1. The lowest BCUT2D eigenvalue weighted by molar-refractivity contribution is -0.227. The Morgan fingerprint density at radius 2 is 1.97 bits per heavy atom. The largest absolute Gasteiger partial charge is 0.508 e. The van der Waals surface area contributed by atoms with Crippen LogP contribution in [0.3, 0.4) is 0 Å². The van der Waals surface area contributed by atoms with Gasteiger partial charge in [-0.05, 0) is 37.5 Å². The number of likely N-dealkylation sites (tertiary alicyclic amines) is 1. The Labute approximate surface area is 202 Å². The van der Waals surface area contributed by atoms with E-state index < -0.39 is 36.1 Å². The fourth-order valence-electron chi connectivity index (χ4n) is 4.67. The first-order valence-electron chi connectivity index (χ1n) is 11.3. The van der Waals surface area contributed by atoms with Gasteiger partial charge >= 0.3 is 5.97 Å². The number of ether oxygens (including phenoxy) is 3. The molecule has 4 atom stereocenters. The second-order valence-corrected chi connectivity index (χ2v) is 9.22. The first-order chi connectivity index (χ1) is 16.5. The zero-order valence-electron chi connectivity index (χ0n) is 20.5. The number of carboxylic acids is 1. The van der Waals surface area contributed by atoms with Gasteiger partial charge in [-0.15, -0.1) is 0 Å². The average Bonchev–Trinajstić information content (AvgIpc) is 3.46. The molecule has 2 aliphatic heterocycles. The molecule has 1 amide bonds. The number of benzene rings is 1. The maximum Gasteiger partial charge on any atom is 0.372 e. The van der Waals surface area contributed by atoms with Crippen LogP contribution in [0.25, 0.3) is 11.0 Å². The van der Waals surface area contributed by atoms with Crippen molar-refractivity contribution in [2.24, 2.45) is 11.7 Å². The summed E-state index contributed by atoms with van der Waals surface area (Å²) in [5.74, 6) is -2.19. The number of aromatic carboxylic acids is 1. The van der Waals surface area contributed by atoms with E-state index in [2.05, 4.69) is 0 Å². The second-order valence-electron chi connectivity index (χ2n) is 9.22. The molecule has 194 valence electrons. The number of phenolic OH excluding ortho intramolecular Hbond substituents is 1. The van der Waals surface area contributed by atoms with Crippen molar-refractivity contribution in [1.82, 2.24) is 4.90 Å². The van der Waals surface area contributed by atoms with Crippen LogP contribution in [0.1, 0.15) is 36.4 Å². The summed E-state index contributed by atoms with van der Waals surface area (Å²) in [6, 6.07) is 3.23. The van der Waals surface area contributed by atoms with Gasteiger partial charge in [0, 0.05) is 25.2 Å². The molecule has 2 fully saturated rings. The molecule has 3 heterocycles. The number of aryl methyl sites for hydroxylation is 1. The van der Waals surface area contributed by atoms with Crippen molar-refractivity contribution in [2.75, 3.05) is 27.4 Å². The fourth-order valence-corrected chi connectivity index (χ4v) is 4.67. The first-order valence-corrected chi connectivity index (χ1v) is 11.3. The van der Waals surface area contributed by atoms with E-state index in [1.807, 2.05) is 13.8 Å². The van der Waals surface area contributed by atoms with Crippen LogP contribution >= 0.6 is 0 Å². The molecule has 0 saturated carbocycles. The highest BCUT2D eigenvalue weighted by molar-refractivity contribution is 5.95. The minimum Gasteiger partial charge on any atom is -0.508 e. The molecule has 4 unspecified atom stereocenters. The third-order valence-corrected chi connectivity index (χ3v) is 6.43. The van der Waals surface area contributed by atoms with Gasteiger partial charge < -0.3 is 39.5 Å². The number of fused-ring (bicyclic) bond motifs is 2. The summed E-state index contributed by atoms with van der Waals surface area (Å²) in [5.41, 5.74) is 6.96. The SMILES string of the molecule is COC1(OC)COC2C(F)CN(C(=O)C(N)CC(C)C)C21.Cc1c(C(=O)O)oc2ccc(O)cc12. The molecule has 2 saturated heterocycles. The second kappa shape index (κ2) is 10.5. The number of furan rings is 1. The number of nitrogens with zero attached hydrogens (tertiary/aromatic N) is 1. The summed E-state index contributed by atoms with van der Waals surface area (Å²) >= 11 is 0. The van der Waals surface area contributed by atoms with Gasteiger partial charge in [0.15, 0.2) is 0 Å². The summed E-state index contributed by atoms with van der Waals surface area (Å²) in [6.07, 6.45) is -1.42. The molecule has 0 spiro atoms. The molecular weight excluding hydrogens is 463 g/mol. The van der Waals surface area contributed by atoms with Gasteiger partial charge in [-0.3, -0.25) is 4.79 Å². The quantitative estimate of drug-likeness (QED) is 0.514. The van der Waals surface area contributed by atoms with Crippen molar-refractivity contribution in [1.29, 1.82) is 0 Å². The molecule has 2 aromatic rings. The van der Waals surface area contributed by atoms with E-state index in [1.165, 1.54) is 31.3 Å². The van der Waals surface area contributed by atoms with Crippen LogP contribution in [0.2, 0.25) is 0 Å². The summed E-state index contributed by atoms with van der Waals surface area (Å²) in [6.45, 7) is 5.69. The van der Waals surface area contributed by atoms with Crippen molar-refractivity contribution in [3.05, 3.63) is 29.5 Å². The molecule has 0 bridgehead atoms. The van der Waals surface area contributed by atoms with Crippen molar-refractivity contribution in [3.8, 4) is 5.75 Å². The number of carboxylic acid groups (broad SMARTS) is 1. The summed E-state index contributed by atoms with van der Waals surface area (Å²) in [7, 11) is 2.94. The molecule has 0 aliphatic carbocycles. The van der Waals surface area contributed by atoms with Crippen molar-refractivity contribution < 1.29 is 42.8 Å². The van der Waals surface area contributed by atoms with Crippen molar-refractivity contribution in [2.45, 2.75) is 57.3 Å². The van der Waals surface area contributed by atoms with Crippen LogP contribution in [0.4, 0.5) is 4.39 Å². The van der Waals surface area contributed by atoms with Crippen LogP contribution in [-0.4, -0.2) is 84.5 Å².